The van der Waals surface area contributed by atoms with Crippen molar-refractivity contribution in [2.75, 3.05) is 23.7 Å². The van der Waals surface area contributed by atoms with Crippen molar-refractivity contribution in [3.05, 3.63) is 264 Å². The van der Waals surface area contributed by atoms with Crippen molar-refractivity contribution < 1.29 is 18.9 Å². The minimum Gasteiger partial charge on any atom is -0.456 e. The van der Waals surface area contributed by atoms with Crippen molar-refractivity contribution in [2.24, 2.45) is 0 Å². The molecule has 382 valence electrons. The minimum absolute atomic E-state index is 0.268. The summed E-state index contributed by atoms with van der Waals surface area (Å²) < 4.78 is 25.7. The van der Waals surface area contributed by atoms with E-state index in [0.29, 0.717) is 64.8 Å². The van der Waals surface area contributed by atoms with Gasteiger partial charge in [0.25, 0.3) is 0 Å². The van der Waals surface area contributed by atoms with Gasteiger partial charge in [-0.1, -0.05) is 133 Å². The van der Waals surface area contributed by atoms with Crippen LogP contribution in [0, 0.1) is 47.3 Å². The van der Waals surface area contributed by atoms with Crippen LogP contribution in [0.2, 0.25) is 0 Å². The number of benzene rings is 12. The van der Waals surface area contributed by atoms with E-state index in [9.17, 15) is 10.5 Å². The predicted octanol–water partition coefficient (Wildman–Crippen LogP) is 17.2. The van der Waals surface area contributed by atoms with E-state index in [0.717, 1.165) is 59.9 Å². The third-order valence-corrected chi connectivity index (χ3v) is 15.2. The van der Waals surface area contributed by atoms with Gasteiger partial charge in [-0.2, -0.15) is 10.5 Å². The number of fused-ring (bicyclic) bond motifs is 7. The quantitative estimate of drug-likeness (QED) is 0.0897. The average molecular weight is 1040 g/mol. The van der Waals surface area contributed by atoms with Gasteiger partial charge < -0.3 is 29.6 Å². The number of nitrogen functional groups attached to an aromatic ring is 1. The lowest BCUT2D eigenvalue weighted by molar-refractivity contribution is 0.457. The Hall–Kier alpha value is -11.4. The SMILES string of the molecule is C#CCN(CC#C)c1cccc2cc(Oc3cccc(Oc4ccc5cc(C6(c7ccc8cc(Oc9cccc(Oc%10ccc%11c(N)cccc%11c%10)c9C#N)ccc8c7)c7ccccc7-c7ccccc76)ccc5c4)c3C#N)ccc12. The Morgan fingerprint density at radius 3 is 1.27 bits per heavy atom. The van der Waals surface area contributed by atoms with Gasteiger partial charge in [-0.15, -0.1) is 12.8 Å². The number of nitriles is 2. The molecule has 0 aromatic heterocycles. The Kier molecular flexibility index (Phi) is 12.4. The highest BCUT2D eigenvalue weighted by Gasteiger charge is 2.46. The Morgan fingerprint density at radius 1 is 0.395 bits per heavy atom. The molecule has 1 aliphatic rings. The summed E-state index contributed by atoms with van der Waals surface area (Å²) in [7, 11) is 0. The largest absolute Gasteiger partial charge is 0.456 e. The summed E-state index contributed by atoms with van der Waals surface area (Å²) in [5, 5.41) is 28.7. The fraction of sp³-hybridized carbons (Fsp3) is 0.0411. The van der Waals surface area contributed by atoms with Crippen LogP contribution in [0.3, 0.4) is 0 Å². The molecule has 0 spiro atoms. The molecule has 0 amide bonds. The Morgan fingerprint density at radius 2 is 0.790 bits per heavy atom. The Labute approximate surface area is 468 Å². The highest BCUT2D eigenvalue weighted by atomic mass is 16.5. The van der Waals surface area contributed by atoms with Crippen molar-refractivity contribution in [3.63, 3.8) is 0 Å². The van der Waals surface area contributed by atoms with Gasteiger partial charge in [0, 0.05) is 22.1 Å². The zero-order valence-electron chi connectivity index (χ0n) is 43.6. The first kappa shape index (κ1) is 49.2. The molecule has 0 radical (unpaired) electrons. The summed E-state index contributed by atoms with van der Waals surface area (Å²) in [5.41, 5.74) is 14.7. The lowest BCUT2D eigenvalue weighted by Crippen LogP contribution is -2.28. The number of nitrogens with zero attached hydrogens (tertiary/aromatic N) is 3. The lowest BCUT2D eigenvalue weighted by atomic mass is 9.67. The molecule has 0 saturated carbocycles. The van der Waals surface area contributed by atoms with Gasteiger partial charge in [0.1, 0.15) is 69.3 Å². The standard InChI is InChI=1S/C73H46N4O4/c1-3-37-77(38-4-2)68-20-10-14-52-44-58(34-36-60(52)68)81-72-24-12-22-70(64(72)46-75)79-56-32-28-48-40-54(30-26-50(48)42-56)73(65-17-7-5-15-61(65)62-16-6-8-18-66(62)73)53-29-25-49-41-55(31-27-47(49)39-53)78-69-21-11-23-71(63(69)45-74)80-57-33-35-59-51(43-57)13-9-19-67(59)76/h1-2,5-36,39-44H,37-38,76H2. The number of hydrogen-bond acceptors (Lipinski definition) is 8. The highest BCUT2D eigenvalue weighted by molar-refractivity contribution is 5.97. The molecular formula is C73H46N4O4. The average Bonchev–Trinajstić information content (AvgIpc) is 4.07. The molecule has 1 aliphatic carbocycles. The third kappa shape index (κ3) is 8.73. The Balaban J connectivity index is 0.805. The Bertz CT molecular complexity index is 4650. The fourth-order valence-corrected chi connectivity index (χ4v) is 11.5. The summed E-state index contributed by atoms with van der Waals surface area (Å²) in [6.07, 6.45) is 11.3. The molecule has 0 bridgehead atoms. The first-order chi connectivity index (χ1) is 39.8. The van der Waals surface area contributed by atoms with E-state index in [-0.39, 0.29) is 11.1 Å². The molecule has 0 atom stereocenters. The van der Waals surface area contributed by atoms with Crippen LogP contribution >= 0.6 is 0 Å². The molecule has 81 heavy (non-hydrogen) atoms. The van der Waals surface area contributed by atoms with E-state index in [1.54, 1.807) is 24.3 Å². The summed E-state index contributed by atoms with van der Waals surface area (Å²) in [4.78, 5) is 1.98. The normalized spacial score (nSPS) is 11.9. The van der Waals surface area contributed by atoms with Crippen LogP contribution in [0.5, 0.6) is 46.0 Å². The second-order valence-corrected chi connectivity index (χ2v) is 19.8. The summed E-state index contributed by atoms with van der Waals surface area (Å²) in [5.74, 6) is 9.22. The first-order valence-electron chi connectivity index (χ1n) is 26.3. The molecule has 8 nitrogen and oxygen atoms in total. The lowest BCUT2D eigenvalue weighted by Gasteiger charge is -2.34. The van der Waals surface area contributed by atoms with Crippen LogP contribution in [-0.4, -0.2) is 13.1 Å². The smallest absolute Gasteiger partial charge is 0.149 e. The maximum atomic E-state index is 10.5. The molecule has 13 rings (SSSR count). The van der Waals surface area contributed by atoms with Gasteiger partial charge >= 0.3 is 0 Å². The number of anilines is 2. The molecule has 0 heterocycles. The minimum atomic E-state index is -0.681. The van der Waals surface area contributed by atoms with Gasteiger partial charge in [-0.05, 0) is 175 Å². The highest BCUT2D eigenvalue weighted by Crippen LogP contribution is 2.57. The molecular weight excluding hydrogens is 997 g/mol. The van der Waals surface area contributed by atoms with Crippen LogP contribution in [0.15, 0.2) is 231 Å². The van der Waals surface area contributed by atoms with Crippen LogP contribution in [0.4, 0.5) is 11.4 Å². The zero-order chi connectivity index (χ0) is 55.0. The maximum Gasteiger partial charge on any atom is 0.149 e. The van der Waals surface area contributed by atoms with E-state index in [4.69, 9.17) is 37.5 Å². The van der Waals surface area contributed by atoms with Gasteiger partial charge in [0.05, 0.1) is 18.5 Å². The molecule has 0 saturated heterocycles. The monoisotopic (exact) mass is 1040 g/mol. The first-order valence-corrected chi connectivity index (χ1v) is 26.3. The van der Waals surface area contributed by atoms with Crippen LogP contribution < -0.4 is 29.6 Å². The van der Waals surface area contributed by atoms with E-state index < -0.39 is 5.41 Å². The molecule has 0 unspecified atom stereocenters. The third-order valence-electron chi connectivity index (χ3n) is 15.2. The number of terminal acetylenes is 2. The molecule has 12 aromatic rings. The molecule has 8 heteroatoms. The molecule has 2 N–H and O–H groups in total. The van der Waals surface area contributed by atoms with Gasteiger partial charge in [-0.3, -0.25) is 0 Å². The topological polar surface area (TPSA) is 114 Å². The molecule has 0 fully saturated rings. The van der Waals surface area contributed by atoms with Gasteiger partial charge in [0.2, 0.25) is 0 Å². The summed E-state index contributed by atoms with van der Waals surface area (Å²) >= 11 is 0. The predicted molar refractivity (Wildman–Crippen MR) is 324 cm³/mol. The van der Waals surface area contributed by atoms with Crippen molar-refractivity contribution >= 4 is 54.5 Å². The van der Waals surface area contributed by atoms with Crippen molar-refractivity contribution in [1.82, 2.24) is 0 Å². The number of nitrogens with two attached hydrogens (primary N) is 1. The number of ether oxygens (including phenoxy) is 4. The van der Waals surface area contributed by atoms with Crippen molar-refractivity contribution in [3.8, 4) is 93.9 Å². The zero-order valence-corrected chi connectivity index (χ0v) is 43.6. The van der Waals surface area contributed by atoms with E-state index in [1.165, 1.54) is 22.3 Å². The van der Waals surface area contributed by atoms with E-state index >= 15 is 0 Å². The second kappa shape index (κ2) is 20.5. The number of hydrogen-bond donors (Lipinski definition) is 1. The summed E-state index contributed by atoms with van der Waals surface area (Å²) in [6, 6.07) is 81.2. The van der Waals surface area contributed by atoms with Crippen molar-refractivity contribution in [1.29, 1.82) is 10.5 Å². The van der Waals surface area contributed by atoms with Crippen LogP contribution in [-0.2, 0) is 5.41 Å². The van der Waals surface area contributed by atoms with Crippen LogP contribution in [0.1, 0.15) is 33.4 Å². The molecule has 12 aromatic carbocycles. The van der Waals surface area contributed by atoms with Gasteiger partial charge in [0.15, 0.2) is 0 Å². The van der Waals surface area contributed by atoms with E-state index in [2.05, 4.69) is 121 Å². The van der Waals surface area contributed by atoms with E-state index in [1.807, 2.05) is 114 Å². The fourth-order valence-electron chi connectivity index (χ4n) is 11.5. The van der Waals surface area contributed by atoms with Crippen LogP contribution in [0.25, 0.3) is 54.2 Å². The number of rotatable bonds is 13. The second-order valence-electron chi connectivity index (χ2n) is 19.8. The molecule has 0 aliphatic heterocycles. The summed E-state index contributed by atoms with van der Waals surface area (Å²) in [6.45, 7) is 0.759. The van der Waals surface area contributed by atoms with Gasteiger partial charge in [-0.25, -0.2) is 0 Å². The van der Waals surface area contributed by atoms with Crippen molar-refractivity contribution in [2.45, 2.75) is 5.41 Å². The maximum absolute atomic E-state index is 10.5.